The predicted molar refractivity (Wildman–Crippen MR) is 110 cm³/mol. The van der Waals surface area contributed by atoms with Gasteiger partial charge in [0.15, 0.2) is 0 Å². The van der Waals surface area contributed by atoms with Gasteiger partial charge in [0.1, 0.15) is 0 Å². The Morgan fingerprint density at radius 1 is 1.04 bits per heavy atom. The molecule has 0 N–H and O–H groups in total. The van der Waals surface area contributed by atoms with Crippen molar-refractivity contribution in [3.05, 3.63) is 34.9 Å². The molecule has 5 nitrogen and oxygen atoms in total. The number of rotatable bonds is 4. The van der Waals surface area contributed by atoms with Gasteiger partial charge in [-0.2, -0.15) is 0 Å². The van der Waals surface area contributed by atoms with Gasteiger partial charge in [-0.15, -0.1) is 0 Å². The van der Waals surface area contributed by atoms with Crippen LogP contribution in [0, 0.1) is 19.8 Å². The second kappa shape index (κ2) is 9.08. The molecule has 2 amide bonds. The molecule has 3 rings (SSSR count). The molecule has 0 saturated carbocycles. The van der Waals surface area contributed by atoms with Gasteiger partial charge in [0, 0.05) is 38.5 Å². The maximum absolute atomic E-state index is 12.9. The largest absolute Gasteiger partial charge is 0.372 e. The van der Waals surface area contributed by atoms with Crippen LogP contribution in [0.5, 0.6) is 0 Å². The summed E-state index contributed by atoms with van der Waals surface area (Å²) in [5, 5.41) is 0. The van der Waals surface area contributed by atoms with Crippen LogP contribution in [-0.2, 0) is 20.7 Å². The van der Waals surface area contributed by atoms with E-state index < -0.39 is 0 Å². The molecular formula is C23H34N2O3. The van der Waals surface area contributed by atoms with E-state index in [1.807, 2.05) is 23.6 Å². The summed E-state index contributed by atoms with van der Waals surface area (Å²) in [5.74, 6) is 0.491. The predicted octanol–water partition coefficient (Wildman–Crippen LogP) is 3.11. The van der Waals surface area contributed by atoms with Crippen LogP contribution < -0.4 is 0 Å². The highest BCUT2D eigenvalue weighted by Gasteiger charge is 2.33. The lowest BCUT2D eigenvalue weighted by molar-refractivity contribution is -0.150. The molecule has 1 aromatic carbocycles. The Hall–Kier alpha value is -1.88. The highest BCUT2D eigenvalue weighted by Crippen LogP contribution is 2.23. The fraction of sp³-hybridized carbons (Fsp3) is 0.652. The Balaban J connectivity index is 1.46. The van der Waals surface area contributed by atoms with E-state index in [4.69, 9.17) is 4.74 Å². The molecule has 0 aliphatic carbocycles. The van der Waals surface area contributed by atoms with Crippen LogP contribution in [0.15, 0.2) is 18.2 Å². The highest BCUT2D eigenvalue weighted by molar-refractivity contribution is 5.80. The van der Waals surface area contributed by atoms with Crippen LogP contribution in [0.2, 0.25) is 0 Å². The molecule has 5 heteroatoms. The number of hydrogen-bond donors (Lipinski definition) is 0. The number of amides is 2. The van der Waals surface area contributed by atoms with Gasteiger partial charge < -0.3 is 14.5 Å². The number of ether oxygens (including phenoxy) is 1. The van der Waals surface area contributed by atoms with E-state index in [-0.39, 0.29) is 29.9 Å². The van der Waals surface area contributed by atoms with Crippen LogP contribution >= 0.6 is 0 Å². The van der Waals surface area contributed by atoms with Gasteiger partial charge in [-0.1, -0.05) is 23.8 Å². The van der Waals surface area contributed by atoms with Gasteiger partial charge in [0.05, 0.1) is 12.2 Å². The van der Waals surface area contributed by atoms with Crippen molar-refractivity contribution < 1.29 is 14.3 Å². The van der Waals surface area contributed by atoms with Crippen LogP contribution in [0.3, 0.4) is 0 Å². The SMILES string of the molecule is Cc1ccc(CCC(=O)N2CCC(C(=O)N3CC(C)OC(C)C3)CC2)c(C)c1. The standard InChI is InChI=1S/C23H34N2O3/c1-16-5-6-20(17(2)13-16)7-8-22(26)24-11-9-21(10-12-24)23(27)25-14-18(3)28-19(4)15-25/h5-6,13,18-19,21H,7-12,14-15H2,1-4H3. The third kappa shape index (κ3) is 5.13. The van der Waals surface area contributed by atoms with E-state index in [1.54, 1.807) is 0 Å². The average Bonchev–Trinajstić information content (AvgIpc) is 2.66. The summed E-state index contributed by atoms with van der Waals surface area (Å²) in [7, 11) is 0. The molecule has 2 aliphatic rings. The van der Waals surface area contributed by atoms with Crippen molar-refractivity contribution in [3.8, 4) is 0 Å². The molecular weight excluding hydrogens is 352 g/mol. The molecule has 0 spiro atoms. The van der Waals surface area contributed by atoms with E-state index in [0.717, 1.165) is 19.3 Å². The number of hydrogen-bond acceptors (Lipinski definition) is 3. The first-order valence-electron chi connectivity index (χ1n) is 10.6. The summed E-state index contributed by atoms with van der Waals surface area (Å²) in [6.07, 6.45) is 3.07. The number of carbonyl (C=O) groups is 2. The van der Waals surface area contributed by atoms with Crippen LogP contribution in [0.1, 0.15) is 49.8 Å². The molecule has 2 atom stereocenters. The molecule has 2 unspecified atom stereocenters. The topological polar surface area (TPSA) is 49.9 Å². The first-order chi connectivity index (χ1) is 13.3. The Morgan fingerprint density at radius 2 is 1.68 bits per heavy atom. The molecule has 0 aromatic heterocycles. The number of morpholine rings is 1. The number of benzene rings is 1. The van der Waals surface area contributed by atoms with Crippen molar-refractivity contribution in [2.75, 3.05) is 26.2 Å². The third-order valence-corrected chi connectivity index (χ3v) is 6.03. The van der Waals surface area contributed by atoms with Gasteiger partial charge in [-0.3, -0.25) is 9.59 Å². The van der Waals surface area contributed by atoms with Crippen LogP contribution in [0.25, 0.3) is 0 Å². The minimum atomic E-state index is 0.0425. The Labute approximate surface area is 169 Å². The van der Waals surface area contributed by atoms with Gasteiger partial charge in [-0.05, 0) is 58.1 Å². The molecule has 2 heterocycles. The highest BCUT2D eigenvalue weighted by atomic mass is 16.5. The molecule has 28 heavy (non-hydrogen) atoms. The number of carbonyl (C=O) groups excluding carboxylic acids is 2. The number of aryl methyl sites for hydroxylation is 3. The van der Waals surface area contributed by atoms with Crippen molar-refractivity contribution in [2.45, 2.75) is 65.6 Å². The third-order valence-electron chi connectivity index (χ3n) is 6.03. The summed E-state index contributed by atoms with van der Waals surface area (Å²) in [5.41, 5.74) is 3.76. The first kappa shape index (κ1) is 20.8. The molecule has 1 aromatic rings. The van der Waals surface area contributed by atoms with E-state index in [2.05, 4.69) is 32.0 Å². The fourth-order valence-electron chi connectivity index (χ4n) is 4.52. The first-order valence-corrected chi connectivity index (χ1v) is 10.6. The fourth-order valence-corrected chi connectivity index (χ4v) is 4.52. The summed E-state index contributed by atoms with van der Waals surface area (Å²) in [6.45, 7) is 11.0. The van der Waals surface area contributed by atoms with Crippen molar-refractivity contribution in [3.63, 3.8) is 0 Å². The minimum Gasteiger partial charge on any atom is -0.372 e. The zero-order chi connectivity index (χ0) is 20.3. The maximum Gasteiger partial charge on any atom is 0.225 e. The Kier molecular flexibility index (Phi) is 6.76. The monoisotopic (exact) mass is 386 g/mol. The summed E-state index contributed by atoms with van der Waals surface area (Å²) < 4.78 is 5.73. The lowest BCUT2D eigenvalue weighted by Gasteiger charge is -2.39. The summed E-state index contributed by atoms with van der Waals surface area (Å²) >= 11 is 0. The number of nitrogens with zero attached hydrogens (tertiary/aromatic N) is 2. The lowest BCUT2D eigenvalue weighted by Crippen LogP contribution is -2.51. The van der Waals surface area contributed by atoms with Gasteiger partial charge in [0.2, 0.25) is 11.8 Å². The van der Waals surface area contributed by atoms with Crippen molar-refractivity contribution in [1.29, 1.82) is 0 Å². The number of likely N-dealkylation sites (tertiary alicyclic amines) is 1. The molecule has 0 radical (unpaired) electrons. The summed E-state index contributed by atoms with van der Waals surface area (Å²) in [6, 6.07) is 6.41. The van der Waals surface area contributed by atoms with Crippen LogP contribution in [0.4, 0.5) is 0 Å². The smallest absolute Gasteiger partial charge is 0.225 e. The quantitative estimate of drug-likeness (QED) is 0.799. The van der Waals surface area contributed by atoms with Crippen molar-refractivity contribution >= 4 is 11.8 Å². The number of piperidine rings is 1. The van der Waals surface area contributed by atoms with Crippen molar-refractivity contribution in [2.24, 2.45) is 5.92 Å². The lowest BCUT2D eigenvalue weighted by atomic mass is 9.94. The van der Waals surface area contributed by atoms with E-state index in [0.29, 0.717) is 32.6 Å². The second-order valence-corrected chi connectivity index (χ2v) is 8.59. The zero-order valence-electron chi connectivity index (χ0n) is 17.7. The molecule has 0 bridgehead atoms. The van der Waals surface area contributed by atoms with E-state index in [9.17, 15) is 9.59 Å². The average molecular weight is 387 g/mol. The Bertz CT molecular complexity index is 700. The van der Waals surface area contributed by atoms with Crippen LogP contribution in [-0.4, -0.2) is 60.0 Å². The summed E-state index contributed by atoms with van der Waals surface area (Å²) in [4.78, 5) is 29.4. The van der Waals surface area contributed by atoms with E-state index >= 15 is 0 Å². The van der Waals surface area contributed by atoms with Crippen molar-refractivity contribution in [1.82, 2.24) is 9.80 Å². The zero-order valence-corrected chi connectivity index (χ0v) is 17.7. The Morgan fingerprint density at radius 3 is 2.29 bits per heavy atom. The minimum absolute atomic E-state index is 0.0425. The normalized spacial score (nSPS) is 23.7. The maximum atomic E-state index is 12.9. The molecule has 2 fully saturated rings. The van der Waals surface area contributed by atoms with Gasteiger partial charge in [0.25, 0.3) is 0 Å². The molecule has 2 aliphatic heterocycles. The van der Waals surface area contributed by atoms with Gasteiger partial charge >= 0.3 is 0 Å². The molecule has 2 saturated heterocycles. The molecule has 154 valence electrons. The second-order valence-electron chi connectivity index (χ2n) is 8.59. The van der Waals surface area contributed by atoms with Gasteiger partial charge in [-0.25, -0.2) is 0 Å². The van der Waals surface area contributed by atoms with E-state index in [1.165, 1.54) is 16.7 Å².